The summed E-state index contributed by atoms with van der Waals surface area (Å²) in [4.78, 5) is 10.5. The first kappa shape index (κ1) is 17.8. The van der Waals surface area contributed by atoms with Gasteiger partial charge in [0.05, 0.1) is 6.10 Å². The Morgan fingerprint density at radius 2 is 1.79 bits per heavy atom. The lowest BCUT2D eigenvalue weighted by molar-refractivity contribution is -0.136. The van der Waals surface area contributed by atoms with E-state index in [0.717, 1.165) is 11.3 Å². The minimum absolute atomic E-state index is 0.0234. The van der Waals surface area contributed by atoms with Gasteiger partial charge in [-0.15, -0.1) is 0 Å². The average molecular weight is 332 g/mol. The second kappa shape index (κ2) is 8.34. The van der Waals surface area contributed by atoms with Crippen molar-refractivity contribution in [2.24, 2.45) is 0 Å². The smallest absolute Gasteiger partial charge is 0.303 e. The van der Waals surface area contributed by atoms with Crippen molar-refractivity contribution in [2.75, 3.05) is 0 Å². The number of aryl methyl sites for hydroxylation is 1. The van der Waals surface area contributed by atoms with Crippen molar-refractivity contribution in [3.05, 3.63) is 59.4 Å². The van der Waals surface area contributed by atoms with Gasteiger partial charge >= 0.3 is 5.97 Å². The van der Waals surface area contributed by atoms with Gasteiger partial charge in [0.25, 0.3) is 0 Å². The van der Waals surface area contributed by atoms with Gasteiger partial charge in [0, 0.05) is 6.42 Å². The van der Waals surface area contributed by atoms with Gasteiger partial charge in [0.1, 0.15) is 12.4 Å². The van der Waals surface area contributed by atoms with Crippen LogP contribution in [0.4, 0.5) is 4.39 Å². The molecule has 1 N–H and O–H groups in total. The second-order valence-electron chi connectivity index (χ2n) is 5.76. The molecule has 24 heavy (non-hydrogen) atoms. The molecule has 0 spiro atoms. The Bertz CT molecular complexity index is 680. The molecule has 0 aliphatic carbocycles. The topological polar surface area (TPSA) is 55.8 Å². The van der Waals surface area contributed by atoms with Crippen LogP contribution >= 0.6 is 0 Å². The summed E-state index contributed by atoms with van der Waals surface area (Å²) in [5.41, 5.74) is 1.54. The predicted octanol–water partition coefficient (Wildman–Crippen LogP) is 4.21. The molecule has 0 unspecified atom stereocenters. The number of carbonyl (C=O) groups is 1. The molecule has 2 aromatic rings. The standard InChI is InChI=1S/C19H21FO4/c1-13(2)24-16-7-3-15(4-8-16)12-23-18-9-5-14(11-17(18)20)6-10-19(21)22/h3-5,7-9,11,13H,6,10,12H2,1-2H3,(H,21,22). The quantitative estimate of drug-likeness (QED) is 0.787. The van der Waals surface area contributed by atoms with Crippen molar-refractivity contribution in [1.29, 1.82) is 0 Å². The summed E-state index contributed by atoms with van der Waals surface area (Å²) in [5, 5.41) is 8.65. The number of rotatable bonds is 8. The van der Waals surface area contributed by atoms with Crippen molar-refractivity contribution < 1.29 is 23.8 Å². The van der Waals surface area contributed by atoms with Crippen LogP contribution in [0.15, 0.2) is 42.5 Å². The first-order chi connectivity index (χ1) is 11.4. The maximum Gasteiger partial charge on any atom is 0.303 e. The van der Waals surface area contributed by atoms with Crippen LogP contribution in [-0.2, 0) is 17.8 Å². The minimum Gasteiger partial charge on any atom is -0.491 e. The molecule has 0 saturated heterocycles. The number of carboxylic acids is 1. The normalized spacial score (nSPS) is 10.7. The van der Waals surface area contributed by atoms with Gasteiger partial charge in [-0.2, -0.15) is 0 Å². The molecule has 128 valence electrons. The molecule has 0 bridgehead atoms. The third-order valence-electron chi connectivity index (χ3n) is 3.31. The van der Waals surface area contributed by atoms with Gasteiger partial charge in [-0.3, -0.25) is 4.79 Å². The maximum atomic E-state index is 14.0. The number of hydrogen-bond acceptors (Lipinski definition) is 3. The zero-order valence-corrected chi connectivity index (χ0v) is 13.8. The van der Waals surface area contributed by atoms with Gasteiger partial charge in [-0.25, -0.2) is 4.39 Å². The van der Waals surface area contributed by atoms with E-state index in [2.05, 4.69) is 0 Å². The van der Waals surface area contributed by atoms with Crippen LogP contribution in [0.1, 0.15) is 31.4 Å². The minimum atomic E-state index is -0.902. The summed E-state index contributed by atoms with van der Waals surface area (Å²) in [6.45, 7) is 4.16. The van der Waals surface area contributed by atoms with E-state index in [1.165, 1.54) is 12.1 Å². The maximum absolute atomic E-state index is 14.0. The van der Waals surface area contributed by atoms with Crippen molar-refractivity contribution in [3.8, 4) is 11.5 Å². The van der Waals surface area contributed by atoms with Gasteiger partial charge in [-0.1, -0.05) is 18.2 Å². The molecule has 0 heterocycles. The first-order valence-corrected chi connectivity index (χ1v) is 7.82. The van der Waals surface area contributed by atoms with Crippen LogP contribution in [-0.4, -0.2) is 17.2 Å². The molecule has 4 nitrogen and oxygen atoms in total. The Morgan fingerprint density at radius 3 is 2.38 bits per heavy atom. The molecule has 0 aliphatic rings. The Labute approximate surface area is 140 Å². The molecule has 2 rings (SSSR count). The van der Waals surface area contributed by atoms with Crippen molar-refractivity contribution >= 4 is 5.97 Å². The zero-order chi connectivity index (χ0) is 17.5. The summed E-state index contributed by atoms with van der Waals surface area (Å²) in [5.74, 6) is -0.461. The van der Waals surface area contributed by atoms with E-state index in [-0.39, 0.29) is 24.9 Å². The number of aliphatic carboxylic acids is 1. The third kappa shape index (κ3) is 5.57. The fourth-order valence-corrected chi connectivity index (χ4v) is 2.17. The molecule has 0 amide bonds. The number of halogens is 1. The fourth-order valence-electron chi connectivity index (χ4n) is 2.17. The van der Waals surface area contributed by atoms with E-state index < -0.39 is 11.8 Å². The van der Waals surface area contributed by atoms with E-state index in [0.29, 0.717) is 12.0 Å². The Morgan fingerprint density at radius 1 is 1.12 bits per heavy atom. The largest absolute Gasteiger partial charge is 0.491 e. The number of carboxylic acid groups (broad SMARTS) is 1. The van der Waals surface area contributed by atoms with E-state index in [4.69, 9.17) is 14.6 Å². The van der Waals surface area contributed by atoms with Crippen molar-refractivity contribution in [2.45, 2.75) is 39.4 Å². The molecule has 0 saturated carbocycles. The molecule has 0 radical (unpaired) electrons. The van der Waals surface area contributed by atoms with Crippen LogP contribution in [0.2, 0.25) is 0 Å². The first-order valence-electron chi connectivity index (χ1n) is 7.82. The van der Waals surface area contributed by atoms with E-state index in [9.17, 15) is 9.18 Å². The molecule has 0 fully saturated rings. The average Bonchev–Trinajstić information content (AvgIpc) is 2.53. The molecule has 0 aliphatic heterocycles. The van der Waals surface area contributed by atoms with E-state index >= 15 is 0 Å². The van der Waals surface area contributed by atoms with Gasteiger partial charge < -0.3 is 14.6 Å². The van der Waals surface area contributed by atoms with Gasteiger partial charge in [0.15, 0.2) is 11.6 Å². The lowest BCUT2D eigenvalue weighted by Crippen LogP contribution is -2.05. The van der Waals surface area contributed by atoms with E-state index in [1.54, 1.807) is 6.07 Å². The highest BCUT2D eigenvalue weighted by atomic mass is 19.1. The summed E-state index contributed by atoms with van der Waals surface area (Å²) in [7, 11) is 0. The van der Waals surface area contributed by atoms with E-state index in [1.807, 2.05) is 38.1 Å². The molecule has 0 aromatic heterocycles. The third-order valence-corrected chi connectivity index (χ3v) is 3.31. The monoisotopic (exact) mass is 332 g/mol. The highest BCUT2D eigenvalue weighted by Gasteiger charge is 2.07. The molecule has 5 heteroatoms. The molecular formula is C19H21FO4. The van der Waals surface area contributed by atoms with Crippen molar-refractivity contribution in [1.82, 2.24) is 0 Å². The summed E-state index contributed by atoms with van der Waals surface area (Å²) in [6.07, 6.45) is 0.384. The van der Waals surface area contributed by atoms with Gasteiger partial charge in [-0.05, 0) is 55.7 Å². The Kier molecular flexibility index (Phi) is 6.18. The van der Waals surface area contributed by atoms with Crippen LogP contribution in [0.25, 0.3) is 0 Å². The van der Waals surface area contributed by atoms with Crippen LogP contribution in [0.5, 0.6) is 11.5 Å². The lowest BCUT2D eigenvalue weighted by atomic mass is 10.1. The number of hydrogen-bond donors (Lipinski definition) is 1. The summed E-state index contributed by atoms with van der Waals surface area (Å²) < 4.78 is 25.0. The SMILES string of the molecule is CC(C)Oc1ccc(COc2ccc(CCC(=O)O)cc2F)cc1. The number of ether oxygens (including phenoxy) is 2. The highest BCUT2D eigenvalue weighted by Crippen LogP contribution is 2.21. The van der Waals surface area contributed by atoms with Crippen LogP contribution in [0.3, 0.4) is 0 Å². The second-order valence-corrected chi connectivity index (χ2v) is 5.76. The number of benzene rings is 2. The predicted molar refractivity (Wildman–Crippen MR) is 88.9 cm³/mol. The zero-order valence-electron chi connectivity index (χ0n) is 13.8. The summed E-state index contributed by atoms with van der Waals surface area (Å²) >= 11 is 0. The van der Waals surface area contributed by atoms with Crippen molar-refractivity contribution in [3.63, 3.8) is 0 Å². The van der Waals surface area contributed by atoms with Crippen LogP contribution in [0, 0.1) is 5.82 Å². The Balaban J connectivity index is 1.92. The molecule has 2 aromatic carbocycles. The Hall–Kier alpha value is -2.56. The highest BCUT2D eigenvalue weighted by molar-refractivity contribution is 5.67. The lowest BCUT2D eigenvalue weighted by Gasteiger charge is -2.11. The fraction of sp³-hybridized carbons (Fsp3) is 0.316. The summed E-state index contributed by atoms with van der Waals surface area (Å²) in [6, 6.07) is 12.0. The molecular weight excluding hydrogens is 311 g/mol. The van der Waals surface area contributed by atoms with Crippen LogP contribution < -0.4 is 9.47 Å². The molecule has 0 atom stereocenters. The van der Waals surface area contributed by atoms with Gasteiger partial charge in [0.2, 0.25) is 0 Å².